The maximum atomic E-state index is 13.6. The molecule has 0 bridgehead atoms. The molecule has 0 saturated carbocycles. The summed E-state index contributed by atoms with van der Waals surface area (Å²) in [6, 6.07) is 2.88. The summed E-state index contributed by atoms with van der Waals surface area (Å²) in [5.41, 5.74) is -0.121. The van der Waals surface area contributed by atoms with Gasteiger partial charge in [0, 0.05) is 11.0 Å². The Morgan fingerprint density at radius 2 is 2.25 bits per heavy atom. The minimum absolute atomic E-state index is 0.155. The number of nitrogens with one attached hydrogen (secondary N) is 1. The molecule has 0 radical (unpaired) electrons. The molecular weight excluding hydrogens is 295 g/mol. The minimum Gasteiger partial charge on any atom is -0.329 e. The van der Waals surface area contributed by atoms with Crippen molar-refractivity contribution < 1.29 is 4.39 Å². The van der Waals surface area contributed by atoms with E-state index in [4.69, 9.17) is 12.2 Å². The highest BCUT2D eigenvalue weighted by Crippen LogP contribution is 2.19. The summed E-state index contributed by atoms with van der Waals surface area (Å²) in [5, 5.41) is 0.294. The number of aromatic amines is 1. The van der Waals surface area contributed by atoms with E-state index in [-0.39, 0.29) is 15.8 Å². The van der Waals surface area contributed by atoms with Gasteiger partial charge in [0.05, 0.1) is 10.9 Å². The van der Waals surface area contributed by atoms with E-state index in [9.17, 15) is 9.18 Å². The van der Waals surface area contributed by atoms with E-state index in [0.717, 1.165) is 0 Å². The van der Waals surface area contributed by atoms with E-state index < -0.39 is 5.82 Å². The molecule has 3 nitrogen and oxygen atoms in total. The Balaban J connectivity index is 3.05. The van der Waals surface area contributed by atoms with Crippen LogP contribution >= 0.6 is 28.1 Å². The van der Waals surface area contributed by atoms with Crippen LogP contribution in [0.4, 0.5) is 4.39 Å². The van der Waals surface area contributed by atoms with Crippen molar-refractivity contribution in [2.45, 2.75) is 13.5 Å². The average Bonchev–Trinajstić information content (AvgIpc) is 2.21. The molecule has 0 aliphatic rings. The van der Waals surface area contributed by atoms with Gasteiger partial charge in [0.25, 0.3) is 5.56 Å². The Labute approximate surface area is 104 Å². The molecule has 0 fully saturated rings. The van der Waals surface area contributed by atoms with Crippen molar-refractivity contribution in [1.82, 2.24) is 9.55 Å². The van der Waals surface area contributed by atoms with Gasteiger partial charge in [-0.1, -0.05) is 15.9 Å². The molecule has 1 aromatic heterocycles. The predicted molar refractivity (Wildman–Crippen MR) is 66.7 cm³/mol. The van der Waals surface area contributed by atoms with Gasteiger partial charge in [-0.15, -0.1) is 0 Å². The van der Waals surface area contributed by atoms with Crippen LogP contribution in [0.3, 0.4) is 0 Å². The van der Waals surface area contributed by atoms with Crippen LogP contribution in [0.5, 0.6) is 0 Å². The Morgan fingerprint density at radius 1 is 1.56 bits per heavy atom. The van der Waals surface area contributed by atoms with E-state index in [2.05, 4.69) is 20.9 Å². The van der Waals surface area contributed by atoms with Gasteiger partial charge in [0.1, 0.15) is 5.82 Å². The largest absolute Gasteiger partial charge is 0.329 e. The first-order valence-electron chi connectivity index (χ1n) is 4.66. The first-order chi connectivity index (χ1) is 7.54. The maximum absolute atomic E-state index is 13.6. The van der Waals surface area contributed by atoms with E-state index >= 15 is 0 Å². The lowest BCUT2D eigenvalue weighted by atomic mass is 10.2. The SMILES string of the molecule is CCn1c(=S)[nH]c2c(F)cc(Br)cc2c1=O. The first-order valence-corrected chi connectivity index (χ1v) is 5.86. The van der Waals surface area contributed by atoms with Crippen LogP contribution in [-0.4, -0.2) is 9.55 Å². The molecule has 0 unspecified atom stereocenters. The number of fused-ring (bicyclic) bond motifs is 1. The van der Waals surface area contributed by atoms with Crippen molar-refractivity contribution in [3.63, 3.8) is 0 Å². The average molecular weight is 303 g/mol. The van der Waals surface area contributed by atoms with Gasteiger partial charge in [0.2, 0.25) is 0 Å². The summed E-state index contributed by atoms with van der Waals surface area (Å²) < 4.78 is 15.7. The van der Waals surface area contributed by atoms with Gasteiger partial charge in [-0.3, -0.25) is 9.36 Å². The molecule has 16 heavy (non-hydrogen) atoms. The third kappa shape index (κ3) is 1.72. The van der Waals surface area contributed by atoms with Crippen molar-refractivity contribution in [2.24, 2.45) is 0 Å². The highest BCUT2D eigenvalue weighted by Gasteiger charge is 2.09. The second-order valence-corrected chi connectivity index (χ2v) is 4.59. The summed E-state index contributed by atoms with van der Waals surface area (Å²) in [5.74, 6) is -0.490. The van der Waals surface area contributed by atoms with Crippen molar-refractivity contribution in [3.05, 3.63) is 37.5 Å². The molecule has 0 saturated heterocycles. The zero-order chi connectivity index (χ0) is 11.9. The van der Waals surface area contributed by atoms with Gasteiger partial charge in [-0.2, -0.15) is 0 Å². The molecular formula is C10H8BrFN2OS. The molecule has 0 atom stereocenters. The summed E-state index contributed by atoms with van der Waals surface area (Å²) in [7, 11) is 0. The van der Waals surface area contributed by atoms with Gasteiger partial charge < -0.3 is 4.98 Å². The van der Waals surface area contributed by atoms with Crippen LogP contribution in [0.2, 0.25) is 0 Å². The van der Waals surface area contributed by atoms with Gasteiger partial charge >= 0.3 is 0 Å². The number of hydrogen-bond acceptors (Lipinski definition) is 2. The molecule has 0 amide bonds. The Bertz CT molecular complexity index is 677. The molecule has 0 aliphatic carbocycles. The zero-order valence-electron chi connectivity index (χ0n) is 8.38. The molecule has 0 aliphatic heterocycles. The normalized spacial score (nSPS) is 10.9. The van der Waals surface area contributed by atoms with E-state index in [1.165, 1.54) is 10.6 Å². The Morgan fingerprint density at radius 3 is 2.88 bits per heavy atom. The molecule has 2 rings (SSSR count). The van der Waals surface area contributed by atoms with E-state index in [1.54, 1.807) is 6.07 Å². The van der Waals surface area contributed by atoms with Crippen LogP contribution in [0.25, 0.3) is 10.9 Å². The molecule has 84 valence electrons. The lowest BCUT2D eigenvalue weighted by Crippen LogP contribution is -2.21. The molecule has 1 N–H and O–H groups in total. The highest BCUT2D eigenvalue weighted by atomic mass is 79.9. The quantitative estimate of drug-likeness (QED) is 0.822. The van der Waals surface area contributed by atoms with Gasteiger partial charge in [0.15, 0.2) is 4.77 Å². The Hall–Kier alpha value is -1.01. The van der Waals surface area contributed by atoms with Crippen LogP contribution in [-0.2, 0) is 6.54 Å². The molecule has 1 aromatic carbocycles. The van der Waals surface area contributed by atoms with E-state index in [0.29, 0.717) is 16.4 Å². The summed E-state index contributed by atoms with van der Waals surface area (Å²) in [6.45, 7) is 2.27. The van der Waals surface area contributed by atoms with Crippen molar-refractivity contribution in [1.29, 1.82) is 0 Å². The summed E-state index contributed by atoms with van der Waals surface area (Å²) in [4.78, 5) is 14.7. The van der Waals surface area contributed by atoms with Crippen molar-refractivity contribution in [3.8, 4) is 0 Å². The predicted octanol–water partition coefficient (Wildman–Crippen LogP) is 2.98. The molecule has 6 heteroatoms. The van der Waals surface area contributed by atoms with Crippen LogP contribution in [0.1, 0.15) is 6.92 Å². The standard InChI is InChI=1S/C10H8BrFN2OS/c1-2-14-9(15)6-3-5(11)4-7(12)8(6)13-10(14)16/h3-4H,2H2,1H3,(H,13,16). The Kier molecular flexibility index (Phi) is 2.94. The number of H-pyrrole nitrogens is 1. The lowest BCUT2D eigenvalue weighted by molar-refractivity contribution is 0.631. The van der Waals surface area contributed by atoms with Crippen LogP contribution in [0, 0.1) is 10.6 Å². The third-order valence-corrected chi connectivity index (χ3v) is 3.10. The molecule has 2 aromatic rings. The number of nitrogens with zero attached hydrogens (tertiary/aromatic N) is 1. The van der Waals surface area contributed by atoms with Crippen LogP contribution < -0.4 is 5.56 Å². The second kappa shape index (κ2) is 4.10. The smallest absolute Gasteiger partial charge is 0.262 e. The highest BCUT2D eigenvalue weighted by molar-refractivity contribution is 9.10. The number of rotatable bonds is 1. The zero-order valence-corrected chi connectivity index (χ0v) is 10.8. The lowest BCUT2D eigenvalue weighted by Gasteiger charge is -2.06. The fourth-order valence-electron chi connectivity index (χ4n) is 1.57. The molecule has 1 heterocycles. The number of benzene rings is 1. The minimum atomic E-state index is -0.490. The molecule has 0 spiro atoms. The first kappa shape index (κ1) is 11.5. The number of aromatic nitrogens is 2. The monoisotopic (exact) mass is 302 g/mol. The van der Waals surface area contributed by atoms with Crippen molar-refractivity contribution in [2.75, 3.05) is 0 Å². The van der Waals surface area contributed by atoms with Gasteiger partial charge in [-0.25, -0.2) is 4.39 Å². The maximum Gasteiger partial charge on any atom is 0.262 e. The number of hydrogen-bond donors (Lipinski definition) is 1. The van der Waals surface area contributed by atoms with Crippen molar-refractivity contribution >= 4 is 39.1 Å². The second-order valence-electron chi connectivity index (χ2n) is 3.29. The third-order valence-electron chi connectivity index (χ3n) is 2.32. The topological polar surface area (TPSA) is 37.8 Å². The summed E-state index contributed by atoms with van der Waals surface area (Å²) >= 11 is 8.14. The van der Waals surface area contributed by atoms with Crippen LogP contribution in [0.15, 0.2) is 21.4 Å². The van der Waals surface area contributed by atoms with E-state index in [1.807, 2.05) is 6.92 Å². The summed E-state index contributed by atoms with van der Waals surface area (Å²) in [6.07, 6.45) is 0. The fraction of sp³-hybridized carbons (Fsp3) is 0.200. The fourth-order valence-corrected chi connectivity index (χ4v) is 2.31. The van der Waals surface area contributed by atoms with Gasteiger partial charge in [-0.05, 0) is 31.3 Å². The number of halogens is 2.